The molecular weight excluding hydrogens is 268 g/mol. The van der Waals surface area contributed by atoms with Crippen molar-refractivity contribution in [2.75, 3.05) is 20.1 Å². The van der Waals surface area contributed by atoms with Crippen molar-refractivity contribution in [3.8, 4) is 6.07 Å². The Morgan fingerprint density at radius 2 is 2.14 bits per heavy atom. The predicted molar refractivity (Wildman–Crippen MR) is 80.4 cm³/mol. The van der Waals surface area contributed by atoms with Gasteiger partial charge in [0, 0.05) is 20.1 Å². The largest absolute Gasteiger partial charge is 0.338 e. The quantitative estimate of drug-likeness (QED) is 0.836. The van der Waals surface area contributed by atoms with E-state index in [2.05, 4.69) is 11.4 Å². The first-order valence-electron chi connectivity index (χ1n) is 7.63. The summed E-state index contributed by atoms with van der Waals surface area (Å²) in [5.74, 6) is 0.181. The summed E-state index contributed by atoms with van der Waals surface area (Å²) in [7, 11) is 1.65. The zero-order valence-electron chi connectivity index (χ0n) is 13.4. The van der Waals surface area contributed by atoms with Crippen molar-refractivity contribution in [1.82, 2.24) is 15.1 Å². The summed E-state index contributed by atoms with van der Waals surface area (Å²) in [4.78, 5) is 27.9. The standard InChI is InChI=1S/C15H26N4O2/c1-5-17-15(21)18(4)13(9-11(2)3)14(20)19-8-6-7-12(19)10-16/h11-13H,5-9H2,1-4H3,(H,17,21)/t12?,13-/m0/s1. The lowest BCUT2D eigenvalue weighted by Crippen LogP contribution is -2.53. The van der Waals surface area contributed by atoms with E-state index >= 15 is 0 Å². The number of nitrogens with one attached hydrogen (secondary N) is 1. The van der Waals surface area contributed by atoms with Gasteiger partial charge in [-0.2, -0.15) is 5.26 Å². The second-order valence-corrected chi connectivity index (χ2v) is 5.91. The number of amides is 3. The third-order valence-corrected chi connectivity index (χ3v) is 3.78. The third-order valence-electron chi connectivity index (χ3n) is 3.78. The van der Waals surface area contributed by atoms with Gasteiger partial charge in [-0.1, -0.05) is 13.8 Å². The average Bonchev–Trinajstić information content (AvgIpc) is 2.91. The lowest BCUT2D eigenvalue weighted by Gasteiger charge is -2.32. The first-order valence-corrected chi connectivity index (χ1v) is 7.63. The molecule has 0 bridgehead atoms. The molecular formula is C15H26N4O2. The van der Waals surface area contributed by atoms with Gasteiger partial charge < -0.3 is 15.1 Å². The van der Waals surface area contributed by atoms with Gasteiger partial charge in [0.15, 0.2) is 0 Å². The minimum atomic E-state index is -0.509. The molecule has 6 heteroatoms. The Kier molecular flexibility index (Phi) is 6.47. The van der Waals surface area contributed by atoms with Crippen molar-refractivity contribution in [3.05, 3.63) is 0 Å². The second-order valence-electron chi connectivity index (χ2n) is 5.91. The Labute approximate surface area is 127 Å². The van der Waals surface area contributed by atoms with E-state index in [-0.39, 0.29) is 18.0 Å². The van der Waals surface area contributed by atoms with Crippen LogP contribution in [0.3, 0.4) is 0 Å². The molecule has 1 saturated heterocycles. The van der Waals surface area contributed by atoms with Gasteiger partial charge in [-0.25, -0.2) is 4.79 Å². The van der Waals surface area contributed by atoms with Crippen molar-refractivity contribution in [1.29, 1.82) is 5.26 Å². The number of carbonyl (C=O) groups is 2. The first kappa shape index (κ1) is 17.3. The molecule has 118 valence electrons. The zero-order chi connectivity index (χ0) is 16.0. The highest BCUT2D eigenvalue weighted by Crippen LogP contribution is 2.21. The highest BCUT2D eigenvalue weighted by atomic mass is 16.2. The Morgan fingerprint density at radius 1 is 1.48 bits per heavy atom. The monoisotopic (exact) mass is 294 g/mol. The maximum absolute atomic E-state index is 12.8. The lowest BCUT2D eigenvalue weighted by atomic mass is 10.0. The van der Waals surface area contributed by atoms with Gasteiger partial charge in [-0.15, -0.1) is 0 Å². The topological polar surface area (TPSA) is 76.4 Å². The van der Waals surface area contributed by atoms with Crippen molar-refractivity contribution in [2.24, 2.45) is 5.92 Å². The van der Waals surface area contributed by atoms with Crippen LogP contribution in [0.15, 0.2) is 0 Å². The van der Waals surface area contributed by atoms with Gasteiger partial charge in [-0.05, 0) is 32.1 Å². The Hall–Kier alpha value is -1.77. The molecule has 21 heavy (non-hydrogen) atoms. The molecule has 0 saturated carbocycles. The molecule has 3 amide bonds. The van der Waals surface area contributed by atoms with Gasteiger partial charge in [0.1, 0.15) is 12.1 Å². The highest BCUT2D eigenvalue weighted by Gasteiger charge is 2.36. The van der Waals surface area contributed by atoms with Crippen molar-refractivity contribution in [3.63, 3.8) is 0 Å². The van der Waals surface area contributed by atoms with Crippen LogP contribution in [0.4, 0.5) is 4.79 Å². The summed E-state index contributed by atoms with van der Waals surface area (Å²) in [6.07, 6.45) is 2.17. The van der Waals surface area contributed by atoms with E-state index in [9.17, 15) is 9.59 Å². The fourth-order valence-electron chi connectivity index (χ4n) is 2.64. The Morgan fingerprint density at radius 3 is 2.67 bits per heavy atom. The Balaban J connectivity index is 2.88. The van der Waals surface area contributed by atoms with Crippen LogP contribution in [0.2, 0.25) is 0 Å². The van der Waals surface area contributed by atoms with Crippen LogP contribution in [-0.2, 0) is 4.79 Å². The van der Waals surface area contributed by atoms with Crippen molar-refractivity contribution >= 4 is 11.9 Å². The predicted octanol–water partition coefficient (Wildman–Crippen LogP) is 1.58. The number of likely N-dealkylation sites (N-methyl/N-ethyl adjacent to an activating group) is 1. The van der Waals surface area contributed by atoms with Crippen LogP contribution in [0, 0.1) is 17.2 Å². The molecule has 0 aliphatic carbocycles. The van der Waals surface area contributed by atoms with Gasteiger partial charge in [0.05, 0.1) is 6.07 Å². The maximum atomic E-state index is 12.8. The van der Waals surface area contributed by atoms with E-state index < -0.39 is 6.04 Å². The molecule has 1 N–H and O–H groups in total. The molecule has 1 rings (SSSR count). The molecule has 1 heterocycles. The van der Waals surface area contributed by atoms with E-state index in [1.807, 2.05) is 20.8 Å². The molecule has 6 nitrogen and oxygen atoms in total. The number of nitriles is 1. The molecule has 0 spiro atoms. The number of hydrogen-bond donors (Lipinski definition) is 1. The van der Waals surface area contributed by atoms with E-state index in [1.165, 1.54) is 4.90 Å². The van der Waals surface area contributed by atoms with Gasteiger partial charge in [0.2, 0.25) is 5.91 Å². The summed E-state index contributed by atoms with van der Waals surface area (Å²) < 4.78 is 0. The number of nitrogens with zero attached hydrogens (tertiary/aromatic N) is 3. The maximum Gasteiger partial charge on any atom is 0.317 e. The summed E-state index contributed by atoms with van der Waals surface area (Å²) >= 11 is 0. The highest BCUT2D eigenvalue weighted by molar-refractivity contribution is 5.87. The SMILES string of the molecule is CCNC(=O)N(C)[C@@H](CC(C)C)C(=O)N1CCCC1C#N. The van der Waals surface area contributed by atoms with E-state index in [0.717, 1.165) is 12.8 Å². The van der Waals surface area contributed by atoms with E-state index in [1.54, 1.807) is 11.9 Å². The smallest absolute Gasteiger partial charge is 0.317 e. The van der Waals surface area contributed by atoms with Crippen LogP contribution in [-0.4, -0.2) is 54.0 Å². The number of hydrogen-bond acceptors (Lipinski definition) is 3. The molecule has 0 aromatic heterocycles. The summed E-state index contributed by atoms with van der Waals surface area (Å²) in [6, 6.07) is 1.08. The van der Waals surface area contributed by atoms with Crippen LogP contribution in [0.5, 0.6) is 0 Å². The van der Waals surface area contributed by atoms with E-state index in [0.29, 0.717) is 25.4 Å². The van der Waals surface area contributed by atoms with Crippen LogP contribution in [0.25, 0.3) is 0 Å². The molecule has 1 unspecified atom stereocenters. The molecule has 1 aliphatic heterocycles. The van der Waals surface area contributed by atoms with Gasteiger partial charge in [-0.3, -0.25) is 4.79 Å². The fraction of sp³-hybridized carbons (Fsp3) is 0.800. The molecule has 2 atom stereocenters. The molecule has 1 fully saturated rings. The number of urea groups is 1. The van der Waals surface area contributed by atoms with Crippen molar-refractivity contribution in [2.45, 2.75) is 52.1 Å². The zero-order valence-corrected chi connectivity index (χ0v) is 13.4. The first-order chi connectivity index (χ1) is 9.92. The van der Waals surface area contributed by atoms with Gasteiger partial charge >= 0.3 is 6.03 Å². The number of likely N-dealkylation sites (tertiary alicyclic amines) is 1. The van der Waals surface area contributed by atoms with Crippen LogP contribution < -0.4 is 5.32 Å². The number of carbonyl (C=O) groups excluding carboxylic acids is 2. The average molecular weight is 294 g/mol. The molecule has 0 aromatic carbocycles. The normalized spacial score (nSPS) is 19.2. The third kappa shape index (κ3) is 4.35. The molecule has 0 aromatic rings. The van der Waals surface area contributed by atoms with Crippen molar-refractivity contribution < 1.29 is 9.59 Å². The summed E-state index contributed by atoms with van der Waals surface area (Å²) in [5.41, 5.74) is 0. The Bertz CT molecular complexity index is 416. The van der Waals surface area contributed by atoms with Crippen LogP contribution in [0.1, 0.15) is 40.0 Å². The molecule has 0 radical (unpaired) electrons. The summed E-state index contributed by atoms with van der Waals surface area (Å²) in [6.45, 7) is 7.03. The van der Waals surface area contributed by atoms with Crippen LogP contribution >= 0.6 is 0 Å². The lowest BCUT2D eigenvalue weighted by molar-refractivity contribution is -0.136. The second kappa shape index (κ2) is 7.87. The minimum absolute atomic E-state index is 0.110. The van der Waals surface area contributed by atoms with Gasteiger partial charge in [0.25, 0.3) is 0 Å². The fourth-order valence-corrected chi connectivity index (χ4v) is 2.64. The number of rotatable bonds is 5. The van der Waals surface area contributed by atoms with E-state index in [4.69, 9.17) is 5.26 Å². The summed E-state index contributed by atoms with van der Waals surface area (Å²) in [5, 5.41) is 11.9. The molecule has 1 aliphatic rings. The minimum Gasteiger partial charge on any atom is -0.338 e.